The lowest BCUT2D eigenvalue weighted by Crippen LogP contribution is -2.44. The number of pyridine rings is 1. The molecule has 12 heteroatoms. The average molecular weight is 657 g/mol. The van der Waals surface area contributed by atoms with Crippen molar-refractivity contribution in [1.82, 2.24) is 30.3 Å². The average Bonchev–Trinajstić information content (AvgIpc) is 3.23. The lowest BCUT2D eigenvalue weighted by Gasteiger charge is -2.29. The number of phenolic OH excluding ortho intramolecular Hbond substituents is 1. The molecule has 1 saturated carbocycles. The first kappa shape index (κ1) is 33.1. The van der Waals surface area contributed by atoms with Gasteiger partial charge in [-0.05, 0) is 92.1 Å². The van der Waals surface area contributed by atoms with E-state index >= 15 is 0 Å². The minimum atomic E-state index is -0.648. The van der Waals surface area contributed by atoms with Crippen molar-refractivity contribution in [1.29, 1.82) is 0 Å². The van der Waals surface area contributed by atoms with Crippen molar-refractivity contribution in [3.05, 3.63) is 89.1 Å². The number of aryl methyl sites for hydroxylation is 2. The monoisotopic (exact) mass is 656 g/mol. The summed E-state index contributed by atoms with van der Waals surface area (Å²) in [4.78, 5) is 32.5. The Labute approximate surface area is 279 Å². The van der Waals surface area contributed by atoms with Gasteiger partial charge in [0.05, 0.1) is 12.8 Å². The van der Waals surface area contributed by atoms with Crippen LogP contribution in [-0.4, -0.2) is 75.0 Å². The number of ether oxygens (including phenoxy) is 2. The summed E-state index contributed by atoms with van der Waals surface area (Å²) in [6.07, 6.45) is 4.65. The van der Waals surface area contributed by atoms with Crippen LogP contribution in [-0.2, 0) is 18.3 Å². The minimum absolute atomic E-state index is 0.00458. The number of rotatable bonds is 9. The van der Waals surface area contributed by atoms with E-state index in [9.17, 15) is 19.1 Å². The second-order valence-electron chi connectivity index (χ2n) is 12.5. The number of nitrogens with zero attached hydrogens (tertiary/aromatic N) is 4. The molecule has 4 aromatic rings. The van der Waals surface area contributed by atoms with Crippen molar-refractivity contribution in [2.75, 3.05) is 26.3 Å². The molecule has 0 radical (unpaired) electrons. The molecule has 1 saturated heterocycles. The topological polar surface area (TPSA) is 131 Å². The summed E-state index contributed by atoms with van der Waals surface area (Å²) in [5.41, 5.74) is 4.05. The van der Waals surface area contributed by atoms with Crippen LogP contribution in [0.5, 0.6) is 17.4 Å². The van der Waals surface area contributed by atoms with E-state index in [0.717, 1.165) is 60.8 Å². The molecule has 252 valence electrons. The summed E-state index contributed by atoms with van der Waals surface area (Å²) in [7, 11) is 1.80. The molecule has 2 aliphatic rings. The van der Waals surface area contributed by atoms with Gasteiger partial charge in [0.1, 0.15) is 28.6 Å². The predicted octanol–water partition coefficient (Wildman–Crippen LogP) is 5.12. The first-order chi connectivity index (χ1) is 23.2. The first-order valence-corrected chi connectivity index (χ1v) is 16.4. The summed E-state index contributed by atoms with van der Waals surface area (Å²) >= 11 is 0. The van der Waals surface area contributed by atoms with Gasteiger partial charge < -0.3 is 25.2 Å². The fourth-order valence-electron chi connectivity index (χ4n) is 6.27. The normalized spacial score (nSPS) is 18.6. The Balaban J connectivity index is 1.11. The number of amides is 2. The number of hydrogen-bond donors (Lipinski definition) is 3. The number of benzene rings is 2. The Morgan fingerprint density at radius 1 is 1.00 bits per heavy atom. The highest BCUT2D eigenvalue weighted by Crippen LogP contribution is 2.33. The van der Waals surface area contributed by atoms with Crippen molar-refractivity contribution >= 4 is 11.8 Å². The molecule has 48 heavy (non-hydrogen) atoms. The summed E-state index contributed by atoms with van der Waals surface area (Å²) in [6, 6.07) is 15.4. The Kier molecular flexibility index (Phi) is 10.3. The summed E-state index contributed by atoms with van der Waals surface area (Å²) in [5, 5.41) is 20.6. The van der Waals surface area contributed by atoms with Crippen molar-refractivity contribution in [3.63, 3.8) is 0 Å². The van der Waals surface area contributed by atoms with Gasteiger partial charge in [-0.15, -0.1) is 0 Å². The zero-order valence-electron chi connectivity index (χ0n) is 27.2. The lowest BCUT2D eigenvalue weighted by molar-refractivity contribution is 0.0887. The van der Waals surface area contributed by atoms with Gasteiger partial charge >= 0.3 is 0 Å². The SMILES string of the molecule is Cc1cc(C(=O)N[C@H]2CC[C@H](NC(=O)c3cc(F)cnc3Oc3cccc(-c4ccc(O)cc4CN4CCCOCC4)c3)CC2)nn1C. The van der Waals surface area contributed by atoms with Gasteiger partial charge in [-0.3, -0.25) is 19.2 Å². The van der Waals surface area contributed by atoms with Crippen LogP contribution in [0.4, 0.5) is 4.39 Å². The van der Waals surface area contributed by atoms with Crippen molar-refractivity contribution in [2.24, 2.45) is 7.05 Å². The minimum Gasteiger partial charge on any atom is -0.508 e. The van der Waals surface area contributed by atoms with Crippen LogP contribution >= 0.6 is 0 Å². The molecule has 0 spiro atoms. The van der Waals surface area contributed by atoms with Gasteiger partial charge in [0.15, 0.2) is 0 Å². The standard InChI is InChI=1S/C36H41FN6O5/c1-23-17-33(41-42(23)2)35(46)40-28-9-7-27(8-10-28)39-34(45)32-20-26(37)21-38-36(32)48-30-6-3-5-24(19-30)31-12-11-29(44)18-25(31)22-43-13-4-15-47-16-14-43/h3,5-6,11-12,17-21,27-28,44H,4,7-10,13-16,22H2,1-2H3,(H,39,45)(H,40,46)/t27-,28-. The second-order valence-corrected chi connectivity index (χ2v) is 12.5. The Bertz CT molecular complexity index is 1740. The summed E-state index contributed by atoms with van der Waals surface area (Å²) in [5.74, 6) is -0.722. The molecule has 2 aromatic carbocycles. The summed E-state index contributed by atoms with van der Waals surface area (Å²) < 4.78 is 27.7. The van der Waals surface area contributed by atoms with E-state index in [2.05, 4.69) is 25.6 Å². The number of halogens is 1. The van der Waals surface area contributed by atoms with Crippen molar-refractivity contribution in [2.45, 2.75) is 57.7 Å². The van der Waals surface area contributed by atoms with Crippen molar-refractivity contribution in [3.8, 4) is 28.5 Å². The molecule has 3 heterocycles. The highest BCUT2D eigenvalue weighted by molar-refractivity contribution is 5.96. The number of nitrogens with one attached hydrogen (secondary N) is 2. The number of aromatic nitrogens is 3. The third-order valence-corrected chi connectivity index (χ3v) is 8.96. The molecule has 2 fully saturated rings. The van der Waals surface area contributed by atoms with Crippen LogP contribution in [0.3, 0.4) is 0 Å². The Morgan fingerprint density at radius 3 is 2.52 bits per heavy atom. The van der Waals surface area contributed by atoms with E-state index in [0.29, 0.717) is 50.3 Å². The van der Waals surface area contributed by atoms with Gasteiger partial charge in [-0.2, -0.15) is 5.10 Å². The largest absolute Gasteiger partial charge is 0.508 e. The van der Waals surface area contributed by atoms with Crippen molar-refractivity contribution < 1.29 is 28.6 Å². The van der Waals surface area contributed by atoms with E-state index in [-0.39, 0.29) is 35.2 Å². The van der Waals surface area contributed by atoms with E-state index in [1.807, 2.05) is 31.2 Å². The Morgan fingerprint density at radius 2 is 1.77 bits per heavy atom. The molecule has 2 aromatic heterocycles. The molecular formula is C36H41FN6O5. The maximum absolute atomic E-state index is 14.4. The van der Waals surface area contributed by atoms with Crippen LogP contribution in [0.2, 0.25) is 0 Å². The molecule has 3 N–H and O–H groups in total. The second kappa shape index (κ2) is 15.0. The van der Waals surface area contributed by atoms with Gasteiger partial charge in [0.2, 0.25) is 5.88 Å². The molecule has 6 rings (SSSR count). The number of hydrogen-bond acceptors (Lipinski definition) is 8. The zero-order chi connectivity index (χ0) is 33.6. The number of aromatic hydroxyl groups is 1. The van der Waals surface area contributed by atoms with Gasteiger partial charge in [0, 0.05) is 51.1 Å². The fourth-order valence-corrected chi connectivity index (χ4v) is 6.27. The predicted molar refractivity (Wildman–Crippen MR) is 177 cm³/mol. The van der Waals surface area contributed by atoms with E-state index in [1.54, 1.807) is 36.0 Å². The van der Waals surface area contributed by atoms with Gasteiger partial charge in [-0.25, -0.2) is 9.37 Å². The van der Waals surface area contributed by atoms with Crippen LogP contribution in [0.15, 0.2) is 60.8 Å². The van der Waals surface area contributed by atoms with Gasteiger partial charge in [0.25, 0.3) is 11.8 Å². The van der Waals surface area contributed by atoms with E-state index in [4.69, 9.17) is 9.47 Å². The van der Waals surface area contributed by atoms with Crippen LogP contribution in [0.1, 0.15) is 64.2 Å². The summed E-state index contributed by atoms with van der Waals surface area (Å²) in [6.45, 7) is 5.67. The quantitative estimate of drug-likeness (QED) is 0.226. The van der Waals surface area contributed by atoms with Gasteiger partial charge in [-0.1, -0.05) is 18.2 Å². The highest BCUT2D eigenvalue weighted by Gasteiger charge is 2.26. The smallest absolute Gasteiger partial charge is 0.272 e. The third-order valence-electron chi connectivity index (χ3n) is 8.96. The molecule has 2 amide bonds. The fraction of sp³-hybridized carbons (Fsp3) is 0.389. The maximum Gasteiger partial charge on any atom is 0.272 e. The maximum atomic E-state index is 14.4. The van der Waals surface area contributed by atoms with Crippen LogP contribution < -0.4 is 15.4 Å². The molecule has 0 atom stereocenters. The van der Waals surface area contributed by atoms with Crippen LogP contribution in [0.25, 0.3) is 11.1 Å². The molecule has 1 aliphatic carbocycles. The molecule has 1 aliphatic heterocycles. The zero-order valence-corrected chi connectivity index (χ0v) is 27.2. The molecular weight excluding hydrogens is 615 g/mol. The number of phenols is 1. The Hall–Kier alpha value is -4.81. The van der Waals surface area contributed by atoms with E-state index < -0.39 is 11.7 Å². The first-order valence-electron chi connectivity index (χ1n) is 16.4. The molecule has 0 bridgehead atoms. The highest BCUT2D eigenvalue weighted by atomic mass is 19.1. The third kappa shape index (κ3) is 8.18. The number of carbonyl (C=O) groups excluding carboxylic acids is 2. The van der Waals surface area contributed by atoms with E-state index in [1.165, 1.54) is 0 Å². The molecule has 0 unspecified atom stereocenters. The lowest BCUT2D eigenvalue weighted by atomic mass is 9.91. The van der Waals surface area contributed by atoms with Crippen LogP contribution in [0, 0.1) is 12.7 Å². The molecule has 11 nitrogen and oxygen atoms in total. The number of carbonyl (C=O) groups is 2.